The van der Waals surface area contributed by atoms with Gasteiger partial charge in [-0.15, -0.1) is 0 Å². The van der Waals surface area contributed by atoms with Crippen molar-refractivity contribution in [3.8, 4) is 0 Å². The molecule has 82 valence electrons. The zero-order valence-corrected chi connectivity index (χ0v) is 10.1. The summed E-state index contributed by atoms with van der Waals surface area (Å²) in [5.74, 6) is 1.02. The molecule has 1 aromatic rings. The molecular weight excluding hydrogens is 206 g/mol. The van der Waals surface area contributed by atoms with E-state index in [1.807, 2.05) is 12.5 Å². The predicted molar refractivity (Wildman–Crippen MR) is 64.4 cm³/mol. The van der Waals surface area contributed by atoms with Gasteiger partial charge in [0, 0.05) is 17.8 Å². The van der Waals surface area contributed by atoms with E-state index >= 15 is 0 Å². The van der Waals surface area contributed by atoms with Crippen LogP contribution in [0.25, 0.3) is 0 Å². The largest absolute Gasteiger partial charge is 0.367 e. The Morgan fingerprint density at radius 2 is 2.13 bits per heavy atom. The summed E-state index contributed by atoms with van der Waals surface area (Å²) in [6, 6.07) is 0.619. The van der Waals surface area contributed by atoms with Crippen LogP contribution in [0.5, 0.6) is 0 Å². The molecule has 0 spiro atoms. The van der Waals surface area contributed by atoms with Crippen LogP contribution in [0.3, 0.4) is 0 Å². The molecule has 0 saturated heterocycles. The van der Waals surface area contributed by atoms with Gasteiger partial charge in [-0.1, -0.05) is 24.6 Å². The van der Waals surface area contributed by atoms with Gasteiger partial charge in [0.2, 0.25) is 0 Å². The van der Waals surface area contributed by atoms with E-state index in [1.54, 1.807) is 11.8 Å². The fourth-order valence-electron chi connectivity index (χ4n) is 1.93. The second-order valence-corrected chi connectivity index (χ2v) is 4.79. The molecule has 0 bridgehead atoms. The molecule has 0 aliphatic heterocycles. The molecule has 1 fully saturated rings. The Balaban J connectivity index is 2.11. The van der Waals surface area contributed by atoms with Crippen molar-refractivity contribution in [2.45, 2.75) is 43.8 Å². The van der Waals surface area contributed by atoms with Crippen molar-refractivity contribution in [1.82, 2.24) is 9.97 Å². The standard InChI is InChI=1S/C11H17N3S/c1-8-7-12-11(15-2)14-10(8)13-9-5-3-4-6-9/h7,9H,3-6H2,1-2H3,(H,12,13,14). The van der Waals surface area contributed by atoms with Crippen LogP contribution in [0.2, 0.25) is 0 Å². The number of aromatic nitrogens is 2. The van der Waals surface area contributed by atoms with E-state index in [-0.39, 0.29) is 0 Å². The van der Waals surface area contributed by atoms with Gasteiger partial charge in [0.05, 0.1) is 0 Å². The quantitative estimate of drug-likeness (QED) is 0.631. The van der Waals surface area contributed by atoms with Crippen LogP contribution >= 0.6 is 11.8 Å². The number of aryl methyl sites for hydroxylation is 1. The Kier molecular flexibility index (Phi) is 3.46. The summed E-state index contributed by atoms with van der Waals surface area (Å²) in [5, 5.41) is 4.37. The van der Waals surface area contributed by atoms with Crippen molar-refractivity contribution in [3.63, 3.8) is 0 Å². The van der Waals surface area contributed by atoms with Crippen molar-refractivity contribution in [1.29, 1.82) is 0 Å². The van der Waals surface area contributed by atoms with Crippen molar-refractivity contribution < 1.29 is 0 Å². The van der Waals surface area contributed by atoms with Gasteiger partial charge in [-0.3, -0.25) is 0 Å². The van der Waals surface area contributed by atoms with E-state index < -0.39 is 0 Å². The number of hydrogen-bond acceptors (Lipinski definition) is 4. The van der Waals surface area contributed by atoms with Crippen LogP contribution < -0.4 is 5.32 Å². The first-order chi connectivity index (χ1) is 7.29. The maximum absolute atomic E-state index is 4.50. The van der Waals surface area contributed by atoms with Gasteiger partial charge in [-0.2, -0.15) is 0 Å². The van der Waals surface area contributed by atoms with Crippen LogP contribution in [0.15, 0.2) is 11.4 Å². The molecule has 0 aromatic carbocycles. The summed E-state index contributed by atoms with van der Waals surface area (Å²) >= 11 is 1.59. The first-order valence-corrected chi connectivity index (χ1v) is 6.66. The monoisotopic (exact) mass is 223 g/mol. The molecule has 3 nitrogen and oxygen atoms in total. The van der Waals surface area contributed by atoms with Crippen molar-refractivity contribution in [3.05, 3.63) is 11.8 Å². The summed E-state index contributed by atoms with van der Waals surface area (Å²) in [6.45, 7) is 2.06. The summed E-state index contributed by atoms with van der Waals surface area (Å²) in [5.41, 5.74) is 1.14. The molecule has 15 heavy (non-hydrogen) atoms. The smallest absolute Gasteiger partial charge is 0.189 e. The van der Waals surface area contributed by atoms with Gasteiger partial charge in [-0.05, 0) is 26.0 Å². The molecule has 1 aliphatic rings. The molecule has 0 amide bonds. The van der Waals surface area contributed by atoms with Gasteiger partial charge < -0.3 is 5.32 Å². The van der Waals surface area contributed by atoms with E-state index in [4.69, 9.17) is 0 Å². The zero-order valence-electron chi connectivity index (χ0n) is 9.29. The Labute approximate surface area is 95.1 Å². The third kappa shape index (κ3) is 2.62. The van der Waals surface area contributed by atoms with E-state index in [1.165, 1.54) is 25.7 Å². The highest BCUT2D eigenvalue weighted by atomic mass is 32.2. The Morgan fingerprint density at radius 3 is 2.80 bits per heavy atom. The minimum absolute atomic E-state index is 0.619. The highest BCUT2D eigenvalue weighted by Crippen LogP contribution is 2.23. The van der Waals surface area contributed by atoms with Crippen molar-refractivity contribution in [2.75, 3.05) is 11.6 Å². The average molecular weight is 223 g/mol. The fraction of sp³-hybridized carbons (Fsp3) is 0.636. The SMILES string of the molecule is CSc1ncc(C)c(NC2CCCC2)n1. The van der Waals surface area contributed by atoms with Crippen LogP contribution in [0, 0.1) is 6.92 Å². The predicted octanol–water partition coefficient (Wildman–Crippen LogP) is 2.86. The second-order valence-electron chi connectivity index (χ2n) is 4.01. The third-order valence-corrected chi connectivity index (χ3v) is 3.39. The van der Waals surface area contributed by atoms with E-state index in [0.29, 0.717) is 6.04 Å². The molecule has 1 saturated carbocycles. The Hall–Kier alpha value is -0.770. The lowest BCUT2D eigenvalue weighted by Crippen LogP contribution is -2.16. The summed E-state index contributed by atoms with van der Waals surface area (Å²) < 4.78 is 0. The van der Waals surface area contributed by atoms with Crippen molar-refractivity contribution in [2.24, 2.45) is 0 Å². The molecule has 2 rings (SSSR count). The molecule has 0 radical (unpaired) electrons. The first-order valence-electron chi connectivity index (χ1n) is 5.44. The summed E-state index contributed by atoms with van der Waals surface area (Å²) in [4.78, 5) is 8.74. The van der Waals surface area contributed by atoms with Crippen LogP contribution in [0.1, 0.15) is 31.2 Å². The van der Waals surface area contributed by atoms with Gasteiger partial charge in [0.15, 0.2) is 5.16 Å². The van der Waals surface area contributed by atoms with Gasteiger partial charge in [-0.25, -0.2) is 9.97 Å². The molecular formula is C11H17N3S. The minimum atomic E-state index is 0.619. The lowest BCUT2D eigenvalue weighted by molar-refractivity contribution is 0.743. The zero-order chi connectivity index (χ0) is 10.7. The lowest BCUT2D eigenvalue weighted by Gasteiger charge is -2.14. The topological polar surface area (TPSA) is 37.8 Å². The molecule has 1 heterocycles. The molecule has 1 aliphatic carbocycles. The highest BCUT2D eigenvalue weighted by molar-refractivity contribution is 7.98. The van der Waals surface area contributed by atoms with E-state index in [9.17, 15) is 0 Å². The first kappa shape index (κ1) is 10.7. The summed E-state index contributed by atoms with van der Waals surface area (Å²) in [6.07, 6.45) is 9.14. The minimum Gasteiger partial charge on any atom is -0.367 e. The number of thioether (sulfide) groups is 1. The number of anilines is 1. The number of nitrogens with one attached hydrogen (secondary N) is 1. The highest BCUT2D eigenvalue weighted by Gasteiger charge is 2.16. The Morgan fingerprint density at radius 1 is 1.40 bits per heavy atom. The average Bonchev–Trinajstić information content (AvgIpc) is 2.74. The van der Waals surface area contributed by atoms with Crippen LogP contribution in [-0.2, 0) is 0 Å². The van der Waals surface area contributed by atoms with Crippen LogP contribution in [0.4, 0.5) is 5.82 Å². The van der Waals surface area contributed by atoms with E-state index in [0.717, 1.165) is 16.5 Å². The molecule has 0 unspecified atom stereocenters. The summed E-state index contributed by atoms with van der Waals surface area (Å²) in [7, 11) is 0. The second kappa shape index (κ2) is 4.84. The van der Waals surface area contributed by atoms with Crippen LogP contribution in [-0.4, -0.2) is 22.3 Å². The van der Waals surface area contributed by atoms with Gasteiger partial charge >= 0.3 is 0 Å². The normalized spacial score (nSPS) is 16.9. The number of hydrogen-bond donors (Lipinski definition) is 1. The van der Waals surface area contributed by atoms with Crippen molar-refractivity contribution >= 4 is 17.6 Å². The lowest BCUT2D eigenvalue weighted by atomic mass is 10.2. The van der Waals surface area contributed by atoms with E-state index in [2.05, 4.69) is 22.2 Å². The fourth-order valence-corrected chi connectivity index (χ4v) is 2.27. The maximum atomic E-state index is 4.50. The number of nitrogens with zero attached hydrogens (tertiary/aromatic N) is 2. The molecule has 1 N–H and O–H groups in total. The molecule has 1 aromatic heterocycles. The van der Waals surface area contributed by atoms with Gasteiger partial charge in [0.25, 0.3) is 0 Å². The maximum Gasteiger partial charge on any atom is 0.189 e. The van der Waals surface area contributed by atoms with Gasteiger partial charge in [0.1, 0.15) is 5.82 Å². The molecule has 0 atom stereocenters. The number of rotatable bonds is 3. The molecule has 4 heteroatoms. The Bertz CT molecular complexity index is 335. The third-order valence-electron chi connectivity index (χ3n) is 2.83.